The number of hydrogen-bond acceptors (Lipinski definition) is 7. The average Bonchev–Trinajstić information content (AvgIpc) is 3.31. The molecule has 34 heavy (non-hydrogen) atoms. The highest BCUT2D eigenvalue weighted by atomic mass is 35.5. The van der Waals surface area contributed by atoms with Crippen molar-refractivity contribution in [2.45, 2.75) is 24.2 Å². The molecule has 2 heterocycles. The van der Waals surface area contributed by atoms with Gasteiger partial charge in [0.15, 0.2) is 5.13 Å². The first-order valence-electron chi connectivity index (χ1n) is 11.6. The Morgan fingerprint density at radius 1 is 1.21 bits per heavy atom. The minimum atomic E-state index is 0.118. The predicted molar refractivity (Wildman–Crippen MR) is 142 cm³/mol. The zero-order valence-electron chi connectivity index (χ0n) is 19.4. The van der Waals surface area contributed by atoms with Crippen molar-refractivity contribution in [3.05, 3.63) is 47.5 Å². The van der Waals surface area contributed by atoms with E-state index in [1.165, 1.54) is 16.2 Å². The Labute approximate surface area is 214 Å². The lowest BCUT2D eigenvalue weighted by Gasteiger charge is -2.27. The van der Waals surface area contributed by atoms with Crippen molar-refractivity contribution in [1.82, 2.24) is 9.88 Å². The molecule has 4 rings (SSSR count). The number of carbonyl (C=O) groups is 1. The molecule has 2 aromatic carbocycles. The molecule has 0 unspecified atom stereocenters. The van der Waals surface area contributed by atoms with Crippen LogP contribution in [-0.4, -0.2) is 68.0 Å². The van der Waals surface area contributed by atoms with Crippen LogP contribution in [0.15, 0.2) is 47.4 Å². The SMILES string of the molecule is COc1ccc(SCCCC(=O)N(CCCN2CCOCC2)c2nc3c(Cl)cccc3s2)cc1. The lowest BCUT2D eigenvalue weighted by molar-refractivity contribution is -0.118. The van der Waals surface area contributed by atoms with Gasteiger partial charge in [-0.25, -0.2) is 4.98 Å². The number of amides is 1. The monoisotopic (exact) mass is 519 g/mol. The molecule has 9 heteroatoms. The fourth-order valence-electron chi connectivity index (χ4n) is 3.84. The summed E-state index contributed by atoms with van der Waals surface area (Å²) in [6.07, 6.45) is 2.20. The van der Waals surface area contributed by atoms with Gasteiger partial charge in [-0.15, -0.1) is 11.8 Å². The standard InChI is InChI=1S/C25H30ClN3O3S2/c1-31-19-8-10-20(11-9-19)33-18-3-7-23(30)29(13-4-12-28-14-16-32-17-15-28)25-27-24-21(26)5-2-6-22(24)34-25/h2,5-6,8-11H,3-4,7,12-18H2,1H3. The van der Waals surface area contributed by atoms with Gasteiger partial charge in [-0.2, -0.15) is 0 Å². The zero-order chi connectivity index (χ0) is 23.8. The van der Waals surface area contributed by atoms with Gasteiger partial charge in [0.2, 0.25) is 5.91 Å². The van der Waals surface area contributed by atoms with Crippen LogP contribution in [0.3, 0.4) is 0 Å². The Morgan fingerprint density at radius 2 is 2.00 bits per heavy atom. The van der Waals surface area contributed by atoms with Crippen molar-refractivity contribution < 1.29 is 14.3 Å². The number of hydrogen-bond donors (Lipinski definition) is 0. The first-order valence-corrected chi connectivity index (χ1v) is 13.7. The summed E-state index contributed by atoms with van der Waals surface area (Å²) < 4.78 is 11.7. The van der Waals surface area contributed by atoms with Crippen molar-refractivity contribution >= 4 is 56.0 Å². The van der Waals surface area contributed by atoms with Gasteiger partial charge in [0, 0.05) is 37.5 Å². The predicted octanol–water partition coefficient (Wildman–Crippen LogP) is 5.59. The molecule has 0 bridgehead atoms. The number of fused-ring (bicyclic) bond motifs is 1. The molecule has 0 saturated carbocycles. The smallest absolute Gasteiger partial charge is 0.228 e. The molecule has 3 aromatic rings. The van der Waals surface area contributed by atoms with E-state index in [0.29, 0.717) is 18.0 Å². The summed E-state index contributed by atoms with van der Waals surface area (Å²) in [6, 6.07) is 13.8. The summed E-state index contributed by atoms with van der Waals surface area (Å²) >= 11 is 9.64. The van der Waals surface area contributed by atoms with Gasteiger partial charge in [-0.3, -0.25) is 14.6 Å². The Hall–Kier alpha value is -1.84. The van der Waals surface area contributed by atoms with E-state index in [-0.39, 0.29) is 5.91 Å². The topological polar surface area (TPSA) is 54.9 Å². The maximum atomic E-state index is 13.3. The number of thioether (sulfide) groups is 1. The third kappa shape index (κ3) is 6.86. The average molecular weight is 520 g/mol. The van der Waals surface area contributed by atoms with Gasteiger partial charge in [0.25, 0.3) is 0 Å². The first kappa shape index (κ1) is 25.3. The molecule has 1 aliphatic heterocycles. The number of nitrogens with zero attached hydrogens (tertiary/aromatic N) is 3. The van der Waals surface area contributed by atoms with E-state index in [4.69, 9.17) is 26.1 Å². The number of methoxy groups -OCH3 is 1. The van der Waals surface area contributed by atoms with Crippen molar-refractivity contribution in [1.29, 1.82) is 0 Å². The molecular formula is C25H30ClN3O3S2. The van der Waals surface area contributed by atoms with Gasteiger partial charge < -0.3 is 9.47 Å². The van der Waals surface area contributed by atoms with Crippen LogP contribution in [0.5, 0.6) is 5.75 Å². The van der Waals surface area contributed by atoms with Gasteiger partial charge in [-0.05, 0) is 55.0 Å². The molecule has 0 N–H and O–H groups in total. The number of ether oxygens (including phenoxy) is 2. The van der Waals surface area contributed by atoms with Crippen LogP contribution in [-0.2, 0) is 9.53 Å². The maximum Gasteiger partial charge on any atom is 0.228 e. The van der Waals surface area contributed by atoms with Crippen molar-refractivity contribution in [3.63, 3.8) is 0 Å². The number of morpholine rings is 1. The minimum Gasteiger partial charge on any atom is -0.497 e. The van der Waals surface area contributed by atoms with Gasteiger partial charge in [-0.1, -0.05) is 29.0 Å². The lowest BCUT2D eigenvalue weighted by atomic mass is 10.2. The third-order valence-electron chi connectivity index (χ3n) is 5.71. The fourth-order valence-corrected chi connectivity index (χ4v) is 6.00. The molecule has 1 aliphatic rings. The molecule has 1 aromatic heterocycles. The van der Waals surface area contributed by atoms with E-state index in [9.17, 15) is 4.79 Å². The third-order valence-corrected chi connectivity index (χ3v) is 8.16. The number of anilines is 1. The number of thiazole rings is 1. The lowest BCUT2D eigenvalue weighted by Crippen LogP contribution is -2.39. The summed E-state index contributed by atoms with van der Waals surface area (Å²) in [5.41, 5.74) is 0.769. The number of aromatic nitrogens is 1. The molecule has 0 spiro atoms. The number of rotatable bonds is 11. The second-order valence-electron chi connectivity index (χ2n) is 8.06. The van der Waals surface area contributed by atoms with Gasteiger partial charge >= 0.3 is 0 Å². The fraction of sp³-hybridized carbons (Fsp3) is 0.440. The molecule has 182 valence electrons. The van der Waals surface area contributed by atoms with Crippen molar-refractivity contribution in [2.75, 3.05) is 57.2 Å². The summed E-state index contributed by atoms with van der Waals surface area (Å²) in [5, 5.41) is 1.36. The zero-order valence-corrected chi connectivity index (χ0v) is 21.8. The van der Waals surface area contributed by atoms with Crippen LogP contribution >= 0.6 is 34.7 Å². The van der Waals surface area contributed by atoms with E-state index in [2.05, 4.69) is 4.90 Å². The largest absolute Gasteiger partial charge is 0.497 e. The Balaban J connectivity index is 1.36. The van der Waals surface area contributed by atoms with Crippen LogP contribution < -0.4 is 9.64 Å². The quantitative estimate of drug-likeness (QED) is 0.243. The Bertz CT molecular complexity index is 1070. The summed E-state index contributed by atoms with van der Waals surface area (Å²) in [5.74, 6) is 1.85. The van der Waals surface area contributed by atoms with Crippen LogP contribution in [0.4, 0.5) is 5.13 Å². The van der Waals surface area contributed by atoms with Crippen molar-refractivity contribution in [2.24, 2.45) is 0 Å². The van der Waals surface area contributed by atoms with Crippen LogP contribution in [0.25, 0.3) is 10.2 Å². The molecule has 0 radical (unpaired) electrons. The summed E-state index contributed by atoms with van der Waals surface area (Å²) in [7, 11) is 1.67. The molecule has 6 nitrogen and oxygen atoms in total. The molecule has 1 amide bonds. The number of para-hydroxylation sites is 1. The molecule has 0 atom stereocenters. The van der Waals surface area contributed by atoms with E-state index >= 15 is 0 Å². The molecular weight excluding hydrogens is 490 g/mol. The molecule has 0 aliphatic carbocycles. The summed E-state index contributed by atoms with van der Waals surface area (Å²) in [6.45, 7) is 5.07. The second-order valence-corrected chi connectivity index (χ2v) is 10.6. The van der Waals surface area contributed by atoms with Crippen LogP contribution in [0, 0.1) is 0 Å². The number of benzene rings is 2. The first-order chi connectivity index (χ1) is 16.6. The highest BCUT2D eigenvalue weighted by Gasteiger charge is 2.21. The Morgan fingerprint density at radius 3 is 2.74 bits per heavy atom. The second kappa shape index (κ2) is 12.7. The van der Waals surface area contributed by atoms with Gasteiger partial charge in [0.05, 0.1) is 30.0 Å². The van der Waals surface area contributed by atoms with Crippen molar-refractivity contribution in [3.8, 4) is 5.75 Å². The van der Waals surface area contributed by atoms with Crippen LogP contribution in [0.2, 0.25) is 5.02 Å². The highest BCUT2D eigenvalue weighted by molar-refractivity contribution is 7.99. The summed E-state index contributed by atoms with van der Waals surface area (Å²) in [4.78, 5) is 23.4. The van der Waals surface area contributed by atoms with E-state index in [1.54, 1.807) is 18.9 Å². The number of carbonyl (C=O) groups excluding carboxylic acids is 1. The number of halogens is 1. The molecule has 1 fully saturated rings. The van der Waals surface area contributed by atoms with E-state index < -0.39 is 0 Å². The van der Waals surface area contributed by atoms with E-state index in [1.807, 2.05) is 47.4 Å². The van der Waals surface area contributed by atoms with Gasteiger partial charge in [0.1, 0.15) is 11.3 Å². The van der Waals surface area contributed by atoms with Crippen LogP contribution in [0.1, 0.15) is 19.3 Å². The Kier molecular flexibility index (Phi) is 9.47. The van der Waals surface area contributed by atoms with E-state index in [0.717, 1.165) is 72.5 Å². The minimum absolute atomic E-state index is 0.118. The highest BCUT2D eigenvalue weighted by Crippen LogP contribution is 2.33. The maximum absolute atomic E-state index is 13.3. The normalized spacial score (nSPS) is 14.4. The molecule has 1 saturated heterocycles.